The molecule has 4 aromatic rings. The summed E-state index contributed by atoms with van der Waals surface area (Å²) >= 11 is 1.46. The lowest BCUT2D eigenvalue weighted by atomic mass is 10.2. The molecule has 0 saturated heterocycles. The minimum atomic E-state index is -0.337. The third-order valence-electron chi connectivity index (χ3n) is 4.93. The number of hydrogen-bond donors (Lipinski definition) is 2. The summed E-state index contributed by atoms with van der Waals surface area (Å²) in [5.41, 5.74) is 3.79. The zero-order chi connectivity index (χ0) is 23.2. The van der Waals surface area contributed by atoms with Crippen molar-refractivity contribution in [1.82, 2.24) is 15.5 Å². The number of rotatable bonds is 8. The van der Waals surface area contributed by atoms with Gasteiger partial charge in [-0.3, -0.25) is 9.59 Å². The Morgan fingerprint density at radius 3 is 2.70 bits per heavy atom. The molecule has 2 N–H and O–H groups in total. The van der Waals surface area contributed by atoms with Gasteiger partial charge in [0.05, 0.1) is 17.5 Å². The van der Waals surface area contributed by atoms with E-state index in [4.69, 9.17) is 8.94 Å². The largest absolute Gasteiger partial charge is 0.459 e. The van der Waals surface area contributed by atoms with E-state index in [1.165, 1.54) is 18.0 Å². The average molecular weight is 463 g/mol. The summed E-state index contributed by atoms with van der Waals surface area (Å²) in [5.74, 6) is 1.04. The Kier molecular flexibility index (Phi) is 6.89. The van der Waals surface area contributed by atoms with Crippen molar-refractivity contribution in [2.75, 3.05) is 5.32 Å². The summed E-state index contributed by atoms with van der Waals surface area (Å²) in [5, 5.41) is 10.3. The van der Waals surface area contributed by atoms with Crippen molar-refractivity contribution in [3.8, 4) is 0 Å². The Balaban J connectivity index is 1.39. The number of anilines is 1. The summed E-state index contributed by atoms with van der Waals surface area (Å²) in [6.07, 6.45) is 3.11. The first-order chi connectivity index (χ1) is 16.0. The molecule has 3 heterocycles. The number of benzene rings is 1. The van der Waals surface area contributed by atoms with E-state index in [1.54, 1.807) is 42.6 Å². The van der Waals surface area contributed by atoms with Gasteiger partial charge in [0.1, 0.15) is 10.8 Å². The molecule has 0 radical (unpaired) electrons. The molecule has 0 aliphatic carbocycles. The normalized spacial score (nSPS) is 10.7. The quantitative estimate of drug-likeness (QED) is 0.363. The van der Waals surface area contributed by atoms with Gasteiger partial charge in [-0.2, -0.15) is 0 Å². The number of hydrogen-bond acceptors (Lipinski definition) is 7. The highest BCUT2D eigenvalue weighted by atomic mass is 32.2. The smallest absolute Gasteiger partial charge is 0.291 e. The monoisotopic (exact) mass is 462 g/mol. The van der Waals surface area contributed by atoms with Gasteiger partial charge >= 0.3 is 0 Å². The van der Waals surface area contributed by atoms with E-state index in [-0.39, 0.29) is 17.6 Å². The molecular formula is C24H22N4O4S. The molecule has 0 bridgehead atoms. The lowest BCUT2D eigenvalue weighted by molar-refractivity contribution is 0.0946. The molecule has 3 aromatic heterocycles. The van der Waals surface area contributed by atoms with Crippen LogP contribution in [0.1, 0.15) is 43.5 Å². The van der Waals surface area contributed by atoms with Crippen LogP contribution in [0.15, 0.2) is 75.0 Å². The van der Waals surface area contributed by atoms with E-state index in [2.05, 4.69) is 20.8 Å². The van der Waals surface area contributed by atoms with Crippen molar-refractivity contribution >= 4 is 29.3 Å². The summed E-state index contributed by atoms with van der Waals surface area (Å²) in [6, 6.07) is 14.0. The SMILES string of the molecule is Cc1noc(C)c1CSc1ncccc1C(=O)NCc1cccc(NC(=O)c2ccco2)c1. The van der Waals surface area contributed by atoms with Gasteiger partial charge in [0, 0.05) is 29.7 Å². The molecule has 168 valence electrons. The van der Waals surface area contributed by atoms with E-state index in [0.717, 1.165) is 22.6 Å². The van der Waals surface area contributed by atoms with E-state index < -0.39 is 0 Å². The van der Waals surface area contributed by atoms with Crippen LogP contribution in [0.5, 0.6) is 0 Å². The summed E-state index contributed by atoms with van der Waals surface area (Å²) in [7, 11) is 0. The van der Waals surface area contributed by atoms with Gasteiger partial charge in [0.25, 0.3) is 11.8 Å². The van der Waals surface area contributed by atoms with Crippen molar-refractivity contribution in [1.29, 1.82) is 0 Å². The predicted molar refractivity (Wildman–Crippen MR) is 124 cm³/mol. The minimum Gasteiger partial charge on any atom is -0.459 e. The molecule has 0 fully saturated rings. The standard InChI is InChI=1S/C24H22N4O4S/c1-15-20(16(2)32-28-15)14-33-24-19(8-4-10-25-24)22(29)26-13-17-6-3-7-18(12-17)27-23(30)21-9-5-11-31-21/h3-12H,13-14H2,1-2H3,(H,26,29)(H,27,30). The molecule has 0 atom stereocenters. The maximum absolute atomic E-state index is 12.9. The van der Waals surface area contributed by atoms with Crippen LogP contribution in [0, 0.1) is 13.8 Å². The number of nitrogens with zero attached hydrogens (tertiary/aromatic N) is 2. The van der Waals surface area contributed by atoms with Crippen LogP contribution in [0.4, 0.5) is 5.69 Å². The van der Waals surface area contributed by atoms with Crippen LogP contribution in [0.3, 0.4) is 0 Å². The molecule has 1 aromatic carbocycles. The molecule has 2 amide bonds. The zero-order valence-electron chi connectivity index (χ0n) is 18.1. The molecule has 9 heteroatoms. The second kappa shape index (κ2) is 10.2. The van der Waals surface area contributed by atoms with E-state index >= 15 is 0 Å². The van der Waals surface area contributed by atoms with E-state index in [0.29, 0.717) is 28.6 Å². The summed E-state index contributed by atoms with van der Waals surface area (Å²) in [4.78, 5) is 29.4. The van der Waals surface area contributed by atoms with Gasteiger partial charge in [-0.25, -0.2) is 4.98 Å². The van der Waals surface area contributed by atoms with Crippen molar-refractivity contribution in [3.63, 3.8) is 0 Å². The highest BCUT2D eigenvalue weighted by Crippen LogP contribution is 2.27. The first kappa shape index (κ1) is 22.3. The third kappa shape index (κ3) is 5.50. The first-order valence-electron chi connectivity index (χ1n) is 10.2. The number of pyridine rings is 1. The van der Waals surface area contributed by atoms with Gasteiger partial charge in [-0.1, -0.05) is 17.3 Å². The lowest BCUT2D eigenvalue weighted by Crippen LogP contribution is -2.23. The number of carbonyl (C=O) groups is 2. The first-order valence-corrected chi connectivity index (χ1v) is 11.2. The molecule has 4 rings (SSSR count). The maximum Gasteiger partial charge on any atom is 0.291 e. The third-order valence-corrected chi connectivity index (χ3v) is 5.96. The zero-order valence-corrected chi connectivity index (χ0v) is 18.9. The average Bonchev–Trinajstić information content (AvgIpc) is 3.47. The Morgan fingerprint density at radius 1 is 1.06 bits per heavy atom. The molecule has 0 aliphatic heterocycles. The van der Waals surface area contributed by atoms with Crippen LogP contribution in [-0.2, 0) is 12.3 Å². The Labute approximate surface area is 194 Å². The van der Waals surface area contributed by atoms with Crippen molar-refractivity contribution in [2.45, 2.75) is 31.2 Å². The number of carbonyl (C=O) groups excluding carboxylic acids is 2. The van der Waals surface area contributed by atoms with Gasteiger partial charge in [0.15, 0.2) is 5.76 Å². The van der Waals surface area contributed by atoms with E-state index in [1.807, 2.05) is 26.0 Å². The van der Waals surface area contributed by atoms with E-state index in [9.17, 15) is 9.59 Å². The van der Waals surface area contributed by atoms with Gasteiger partial charge in [0.2, 0.25) is 0 Å². The fourth-order valence-corrected chi connectivity index (χ4v) is 4.31. The highest BCUT2D eigenvalue weighted by Gasteiger charge is 2.16. The maximum atomic E-state index is 12.9. The number of thioether (sulfide) groups is 1. The summed E-state index contributed by atoms with van der Waals surface area (Å²) in [6.45, 7) is 4.06. The molecule has 0 unspecified atom stereocenters. The number of furan rings is 1. The highest BCUT2D eigenvalue weighted by molar-refractivity contribution is 7.98. The topological polar surface area (TPSA) is 110 Å². The van der Waals surface area contributed by atoms with Gasteiger partial charge in [-0.05, 0) is 55.8 Å². The van der Waals surface area contributed by atoms with Gasteiger partial charge in [-0.15, -0.1) is 11.8 Å². The number of amides is 2. The van der Waals surface area contributed by atoms with Crippen LogP contribution >= 0.6 is 11.8 Å². The minimum absolute atomic E-state index is 0.227. The molecule has 33 heavy (non-hydrogen) atoms. The second-order valence-corrected chi connectivity index (χ2v) is 8.23. The van der Waals surface area contributed by atoms with Gasteiger partial charge < -0.3 is 19.6 Å². The molecule has 8 nitrogen and oxygen atoms in total. The molecule has 0 aliphatic rings. The van der Waals surface area contributed by atoms with Crippen LogP contribution < -0.4 is 10.6 Å². The molecule has 0 spiro atoms. The molecule has 0 saturated carbocycles. The molecular weight excluding hydrogens is 440 g/mol. The number of aromatic nitrogens is 2. The van der Waals surface area contributed by atoms with Crippen molar-refractivity contribution < 1.29 is 18.5 Å². The Hall–Kier alpha value is -3.85. The number of aryl methyl sites for hydroxylation is 2. The van der Waals surface area contributed by atoms with Crippen LogP contribution in [0.2, 0.25) is 0 Å². The predicted octanol–water partition coefficient (Wildman–Crippen LogP) is 4.75. The fraction of sp³-hybridized carbons (Fsp3) is 0.167. The van der Waals surface area contributed by atoms with Crippen LogP contribution in [0.25, 0.3) is 0 Å². The Morgan fingerprint density at radius 2 is 1.94 bits per heavy atom. The number of nitrogens with one attached hydrogen (secondary N) is 2. The van der Waals surface area contributed by atoms with Crippen LogP contribution in [-0.4, -0.2) is 22.0 Å². The summed E-state index contributed by atoms with van der Waals surface area (Å²) < 4.78 is 10.3. The fourth-order valence-electron chi connectivity index (χ4n) is 3.16. The van der Waals surface area contributed by atoms with Crippen molar-refractivity contribution in [3.05, 3.63) is 94.9 Å². The Bertz CT molecular complexity index is 1250. The lowest BCUT2D eigenvalue weighted by Gasteiger charge is -2.10. The van der Waals surface area contributed by atoms with Crippen molar-refractivity contribution in [2.24, 2.45) is 0 Å². The second-order valence-electron chi connectivity index (χ2n) is 7.26.